The Labute approximate surface area is 105 Å². The number of halogens is 4. The zero-order valence-corrected chi connectivity index (χ0v) is 11.0. The standard InChI is InChI=1S/C10H12F3IN2/c1-9(2)4-5(14)6(15)3-7(16)8(9)10(11,12)13/h3-4H,15-16H2,1-2H3. The lowest BCUT2D eigenvalue weighted by atomic mass is 9.82. The van der Waals surface area contributed by atoms with Crippen LogP contribution in [0.25, 0.3) is 0 Å². The quantitative estimate of drug-likeness (QED) is 0.664. The van der Waals surface area contributed by atoms with E-state index in [0.29, 0.717) is 3.58 Å². The monoisotopic (exact) mass is 344 g/mol. The highest BCUT2D eigenvalue weighted by Crippen LogP contribution is 2.44. The van der Waals surface area contributed by atoms with Crippen molar-refractivity contribution < 1.29 is 13.2 Å². The summed E-state index contributed by atoms with van der Waals surface area (Å²) in [4.78, 5) is 0. The molecule has 6 heteroatoms. The molecule has 2 nitrogen and oxygen atoms in total. The van der Waals surface area contributed by atoms with E-state index in [1.54, 1.807) is 0 Å². The van der Waals surface area contributed by atoms with Crippen LogP contribution in [0.4, 0.5) is 13.2 Å². The van der Waals surface area contributed by atoms with Crippen molar-refractivity contribution in [3.8, 4) is 0 Å². The summed E-state index contributed by atoms with van der Waals surface area (Å²) in [6.45, 7) is 2.93. The molecule has 90 valence electrons. The van der Waals surface area contributed by atoms with Gasteiger partial charge in [-0.3, -0.25) is 0 Å². The lowest BCUT2D eigenvalue weighted by Gasteiger charge is -2.27. The molecule has 0 bridgehead atoms. The molecule has 0 saturated heterocycles. The minimum absolute atomic E-state index is 0.255. The van der Waals surface area contributed by atoms with E-state index in [2.05, 4.69) is 0 Å². The molecule has 16 heavy (non-hydrogen) atoms. The van der Waals surface area contributed by atoms with Gasteiger partial charge >= 0.3 is 6.18 Å². The van der Waals surface area contributed by atoms with E-state index in [1.165, 1.54) is 19.9 Å². The van der Waals surface area contributed by atoms with Gasteiger partial charge in [-0.2, -0.15) is 13.2 Å². The van der Waals surface area contributed by atoms with Crippen molar-refractivity contribution in [3.63, 3.8) is 0 Å². The average molecular weight is 344 g/mol. The van der Waals surface area contributed by atoms with Gasteiger partial charge in [0.05, 0.1) is 5.57 Å². The molecule has 0 fully saturated rings. The maximum absolute atomic E-state index is 12.9. The topological polar surface area (TPSA) is 52.0 Å². The highest BCUT2D eigenvalue weighted by molar-refractivity contribution is 14.1. The van der Waals surface area contributed by atoms with Crippen LogP contribution in [-0.4, -0.2) is 6.18 Å². The van der Waals surface area contributed by atoms with E-state index >= 15 is 0 Å². The summed E-state index contributed by atoms with van der Waals surface area (Å²) in [5.41, 5.74) is 9.05. The van der Waals surface area contributed by atoms with Crippen molar-refractivity contribution in [2.24, 2.45) is 16.9 Å². The Morgan fingerprint density at radius 1 is 1.25 bits per heavy atom. The van der Waals surface area contributed by atoms with Gasteiger partial charge in [-0.15, -0.1) is 0 Å². The number of hydrogen-bond donors (Lipinski definition) is 2. The molecule has 0 aromatic rings. The first kappa shape index (κ1) is 13.4. The van der Waals surface area contributed by atoms with Crippen molar-refractivity contribution in [2.75, 3.05) is 0 Å². The predicted octanol–water partition coefficient (Wildman–Crippen LogP) is 2.96. The van der Waals surface area contributed by atoms with E-state index in [4.69, 9.17) is 11.5 Å². The third-order valence-corrected chi connectivity index (χ3v) is 3.23. The molecule has 4 N–H and O–H groups in total. The number of allylic oxidation sites excluding steroid dienone is 4. The SMILES string of the molecule is CC1(C)C=C(I)C(N)=CC(N)=C1C(F)(F)F. The summed E-state index contributed by atoms with van der Waals surface area (Å²) < 4.78 is 39.2. The minimum atomic E-state index is -4.46. The first-order valence-corrected chi connectivity index (χ1v) is 5.57. The molecule has 0 aromatic carbocycles. The first-order chi connectivity index (χ1) is 7.05. The van der Waals surface area contributed by atoms with E-state index in [1.807, 2.05) is 22.6 Å². The van der Waals surface area contributed by atoms with E-state index in [0.717, 1.165) is 6.08 Å². The van der Waals surface area contributed by atoms with Gasteiger partial charge in [-0.1, -0.05) is 19.9 Å². The molecule has 0 aliphatic heterocycles. The third kappa shape index (κ3) is 2.53. The highest BCUT2D eigenvalue weighted by Gasteiger charge is 2.44. The van der Waals surface area contributed by atoms with Gasteiger partial charge < -0.3 is 11.5 Å². The fourth-order valence-corrected chi connectivity index (χ4v) is 2.62. The Bertz CT molecular complexity index is 403. The Kier molecular flexibility index (Phi) is 3.33. The van der Waals surface area contributed by atoms with Gasteiger partial charge in [0.1, 0.15) is 0 Å². The van der Waals surface area contributed by atoms with Crippen molar-refractivity contribution in [2.45, 2.75) is 20.0 Å². The summed E-state index contributed by atoms with van der Waals surface area (Å²) in [7, 11) is 0. The summed E-state index contributed by atoms with van der Waals surface area (Å²) in [5, 5.41) is 0. The minimum Gasteiger partial charge on any atom is -0.398 e. The van der Waals surface area contributed by atoms with Crippen LogP contribution in [0.2, 0.25) is 0 Å². The molecular formula is C10H12F3IN2. The van der Waals surface area contributed by atoms with Crippen molar-refractivity contribution in [1.29, 1.82) is 0 Å². The van der Waals surface area contributed by atoms with Gasteiger partial charge in [0.25, 0.3) is 0 Å². The second-order valence-corrected chi connectivity index (χ2v) is 5.30. The van der Waals surface area contributed by atoms with Crippen LogP contribution in [0.3, 0.4) is 0 Å². The molecule has 1 rings (SSSR count). The fourth-order valence-electron chi connectivity index (χ4n) is 1.68. The number of alkyl halides is 3. The van der Waals surface area contributed by atoms with Crippen LogP contribution in [0, 0.1) is 5.41 Å². The molecule has 1 aliphatic rings. The number of rotatable bonds is 0. The van der Waals surface area contributed by atoms with Gasteiger partial charge in [0.2, 0.25) is 0 Å². The molecule has 0 heterocycles. The second kappa shape index (κ2) is 3.97. The van der Waals surface area contributed by atoms with Crippen LogP contribution >= 0.6 is 22.6 Å². The Balaban J connectivity index is 3.49. The largest absolute Gasteiger partial charge is 0.415 e. The lowest BCUT2D eigenvalue weighted by molar-refractivity contribution is -0.102. The molecule has 0 spiro atoms. The third-order valence-electron chi connectivity index (χ3n) is 2.29. The Hall–Kier alpha value is -0.660. The van der Waals surface area contributed by atoms with Crippen LogP contribution in [0.5, 0.6) is 0 Å². The number of nitrogens with two attached hydrogens (primary N) is 2. The van der Waals surface area contributed by atoms with Crippen molar-refractivity contribution in [3.05, 3.63) is 32.7 Å². The van der Waals surface area contributed by atoms with Gasteiger partial charge in [0, 0.05) is 20.4 Å². The maximum atomic E-state index is 12.9. The normalized spacial score (nSPS) is 21.4. The summed E-state index contributed by atoms with van der Waals surface area (Å²) in [6.07, 6.45) is -1.82. The zero-order chi connectivity index (χ0) is 12.7. The lowest BCUT2D eigenvalue weighted by Crippen LogP contribution is -2.28. The summed E-state index contributed by atoms with van der Waals surface area (Å²) in [5.74, 6) is 0. The van der Waals surface area contributed by atoms with Crippen molar-refractivity contribution in [1.82, 2.24) is 0 Å². The summed E-state index contributed by atoms with van der Waals surface area (Å²) in [6, 6.07) is 0. The molecule has 1 aliphatic carbocycles. The fraction of sp³-hybridized carbons (Fsp3) is 0.400. The first-order valence-electron chi connectivity index (χ1n) is 4.49. The van der Waals surface area contributed by atoms with E-state index < -0.39 is 17.2 Å². The second-order valence-electron chi connectivity index (χ2n) is 4.14. The predicted molar refractivity (Wildman–Crippen MR) is 65.4 cm³/mol. The smallest absolute Gasteiger partial charge is 0.398 e. The van der Waals surface area contributed by atoms with Crippen LogP contribution in [0.15, 0.2) is 32.7 Å². The molecule has 0 radical (unpaired) electrons. The zero-order valence-electron chi connectivity index (χ0n) is 8.82. The average Bonchev–Trinajstić information content (AvgIpc) is 2.04. The number of hydrogen-bond acceptors (Lipinski definition) is 2. The van der Waals surface area contributed by atoms with Crippen molar-refractivity contribution >= 4 is 22.6 Å². The van der Waals surface area contributed by atoms with E-state index in [-0.39, 0.29) is 11.4 Å². The molecule has 0 amide bonds. The molecule has 0 unspecified atom stereocenters. The Morgan fingerprint density at radius 2 is 1.75 bits per heavy atom. The molecule has 0 atom stereocenters. The van der Waals surface area contributed by atoms with Gasteiger partial charge in [0.15, 0.2) is 0 Å². The van der Waals surface area contributed by atoms with Gasteiger partial charge in [-0.05, 0) is 28.7 Å². The molecular weight excluding hydrogens is 332 g/mol. The highest BCUT2D eigenvalue weighted by atomic mass is 127. The molecule has 0 saturated carbocycles. The van der Waals surface area contributed by atoms with Crippen LogP contribution in [-0.2, 0) is 0 Å². The Morgan fingerprint density at radius 3 is 2.19 bits per heavy atom. The van der Waals surface area contributed by atoms with Gasteiger partial charge in [-0.25, -0.2) is 0 Å². The molecule has 0 aromatic heterocycles. The maximum Gasteiger partial charge on any atom is 0.415 e. The summed E-state index contributed by atoms with van der Waals surface area (Å²) >= 11 is 1.90. The van der Waals surface area contributed by atoms with Crippen LogP contribution in [0.1, 0.15) is 13.8 Å². The van der Waals surface area contributed by atoms with E-state index in [9.17, 15) is 13.2 Å². The van der Waals surface area contributed by atoms with Crippen LogP contribution < -0.4 is 11.5 Å².